The van der Waals surface area contributed by atoms with Crippen molar-refractivity contribution in [1.82, 2.24) is 5.32 Å². The van der Waals surface area contributed by atoms with Gasteiger partial charge in [-0.05, 0) is 111 Å². The van der Waals surface area contributed by atoms with Crippen LogP contribution < -0.4 is 22.4 Å². The second-order valence-corrected chi connectivity index (χ2v) is 14.6. The van der Waals surface area contributed by atoms with Gasteiger partial charge in [0.1, 0.15) is 12.1 Å². The molecule has 1 aromatic heterocycles. The molecule has 254 valence electrons. The van der Waals surface area contributed by atoms with Crippen molar-refractivity contribution in [3.8, 4) is 0 Å². The number of carbonyl (C=O) groups excluding carboxylic acids is 2. The summed E-state index contributed by atoms with van der Waals surface area (Å²) in [4.78, 5) is 52.1. The fourth-order valence-corrected chi connectivity index (χ4v) is 9.88. The van der Waals surface area contributed by atoms with Crippen molar-refractivity contribution >= 4 is 23.8 Å². The van der Waals surface area contributed by atoms with E-state index in [-0.39, 0.29) is 66.2 Å². The smallest absolute Gasteiger partial charge is 0.335 e. The Labute approximate surface area is 269 Å². The summed E-state index contributed by atoms with van der Waals surface area (Å²) in [5.74, 6) is -1.09. The Hall–Kier alpha value is -3.41. The largest absolute Gasteiger partial charge is 0.480 e. The Morgan fingerprint density at radius 2 is 1.85 bits per heavy atom. The fourth-order valence-electron chi connectivity index (χ4n) is 9.88. The highest BCUT2D eigenvalue weighted by atomic mass is 16.5. The first-order chi connectivity index (χ1) is 21.8. The summed E-state index contributed by atoms with van der Waals surface area (Å²) < 4.78 is 11.1. The Morgan fingerprint density at radius 1 is 1.07 bits per heavy atom. The van der Waals surface area contributed by atoms with Crippen LogP contribution in [-0.4, -0.2) is 58.3 Å². The van der Waals surface area contributed by atoms with Crippen molar-refractivity contribution < 1.29 is 33.8 Å². The van der Waals surface area contributed by atoms with Crippen LogP contribution in [0.15, 0.2) is 32.6 Å². The van der Waals surface area contributed by atoms with Gasteiger partial charge in [-0.25, -0.2) is 9.59 Å². The zero-order chi connectivity index (χ0) is 33.3. The number of nitrogens with zero attached hydrogens (tertiary/aromatic N) is 1. The monoisotopic (exact) mass is 642 g/mol. The minimum absolute atomic E-state index is 0.0490. The molecule has 0 bridgehead atoms. The summed E-state index contributed by atoms with van der Waals surface area (Å²) in [5.41, 5.74) is 10.2. The van der Waals surface area contributed by atoms with Crippen molar-refractivity contribution in [1.29, 1.82) is 0 Å². The molecule has 12 nitrogen and oxygen atoms in total. The number of aliphatic hydroxyl groups is 1. The van der Waals surface area contributed by atoms with E-state index in [2.05, 4.69) is 24.2 Å². The first-order valence-electron chi connectivity index (χ1n) is 16.8. The first-order valence-corrected chi connectivity index (χ1v) is 16.8. The lowest BCUT2D eigenvalue weighted by Gasteiger charge is -2.63. The van der Waals surface area contributed by atoms with E-state index in [1.165, 1.54) is 6.07 Å². The third-order valence-electron chi connectivity index (χ3n) is 12.4. The third kappa shape index (κ3) is 6.55. The quantitative estimate of drug-likeness (QED) is 0.103. The van der Waals surface area contributed by atoms with Gasteiger partial charge < -0.3 is 36.2 Å². The van der Waals surface area contributed by atoms with E-state index in [0.29, 0.717) is 18.3 Å². The highest BCUT2D eigenvalue weighted by molar-refractivity contribution is 5.85. The molecule has 1 aromatic rings. The van der Waals surface area contributed by atoms with E-state index in [1.54, 1.807) is 6.26 Å². The lowest BCUT2D eigenvalue weighted by molar-refractivity contribution is -0.207. The molecular weight excluding hydrogens is 592 g/mol. The van der Waals surface area contributed by atoms with E-state index in [4.69, 9.17) is 20.6 Å². The topological polar surface area (TPSA) is 208 Å². The molecule has 1 heterocycles. The Bertz CT molecular complexity index is 1370. The van der Waals surface area contributed by atoms with E-state index < -0.39 is 29.5 Å². The van der Waals surface area contributed by atoms with Gasteiger partial charge >= 0.3 is 17.6 Å². The summed E-state index contributed by atoms with van der Waals surface area (Å²) in [6.07, 6.45) is 9.54. The van der Waals surface area contributed by atoms with Gasteiger partial charge in [-0.2, -0.15) is 0 Å². The normalized spacial score (nSPS) is 35.5. The summed E-state index contributed by atoms with van der Waals surface area (Å²) in [6.45, 7) is 4.86. The van der Waals surface area contributed by atoms with Crippen LogP contribution in [0.1, 0.15) is 109 Å². The van der Waals surface area contributed by atoms with E-state index in [0.717, 1.165) is 63.4 Å². The zero-order valence-corrected chi connectivity index (χ0v) is 27.0. The fraction of sp³-hybridized carbons (Fsp3) is 0.735. The Balaban J connectivity index is 1.13. The molecule has 0 spiro atoms. The van der Waals surface area contributed by atoms with Gasteiger partial charge in [0.15, 0.2) is 5.96 Å². The maximum atomic E-state index is 12.7. The van der Waals surface area contributed by atoms with Crippen LogP contribution in [0.5, 0.6) is 0 Å². The number of ether oxygens (including phenoxy) is 1. The minimum Gasteiger partial charge on any atom is -0.480 e. The minimum atomic E-state index is -1.16. The number of nitrogens with one attached hydrogen (secondary N) is 1. The summed E-state index contributed by atoms with van der Waals surface area (Å²) in [7, 11) is 0. The number of hydrogen-bond donors (Lipinski definition) is 5. The molecular formula is C34H50N4O8. The average Bonchev–Trinajstić information content (AvgIpc) is 3.29. The molecule has 4 aliphatic rings. The summed E-state index contributed by atoms with van der Waals surface area (Å²) in [6, 6.07) is 2.25. The molecule has 4 saturated carbocycles. The molecule has 5 rings (SSSR count). The number of aliphatic imine (C=N–C) groups is 1. The number of aliphatic carboxylic acids is 1. The molecule has 0 radical (unpaired) electrons. The molecule has 0 saturated heterocycles. The van der Waals surface area contributed by atoms with Gasteiger partial charge in [0, 0.05) is 24.4 Å². The van der Waals surface area contributed by atoms with Crippen molar-refractivity contribution in [3.05, 3.63) is 34.4 Å². The van der Waals surface area contributed by atoms with Gasteiger partial charge in [-0.15, -0.1) is 0 Å². The number of carbonyl (C=O) groups is 3. The van der Waals surface area contributed by atoms with Crippen LogP contribution in [0.25, 0.3) is 0 Å². The molecule has 0 aromatic carbocycles. The number of nitrogens with two attached hydrogens (primary N) is 2. The van der Waals surface area contributed by atoms with Crippen molar-refractivity contribution in [2.45, 2.75) is 121 Å². The number of esters is 1. The van der Waals surface area contributed by atoms with Gasteiger partial charge in [-0.1, -0.05) is 13.8 Å². The van der Waals surface area contributed by atoms with Gasteiger partial charge in [0.05, 0.1) is 18.3 Å². The molecule has 0 unspecified atom stereocenters. The molecule has 9 atom stereocenters. The number of guanidine groups is 1. The van der Waals surface area contributed by atoms with Crippen LogP contribution in [-0.2, 0) is 19.1 Å². The zero-order valence-electron chi connectivity index (χ0n) is 27.0. The molecule has 7 N–H and O–H groups in total. The van der Waals surface area contributed by atoms with Crippen LogP contribution in [0.2, 0.25) is 0 Å². The van der Waals surface area contributed by atoms with E-state index in [9.17, 15) is 29.4 Å². The molecule has 4 fully saturated rings. The maximum Gasteiger partial charge on any atom is 0.335 e. The van der Waals surface area contributed by atoms with E-state index >= 15 is 0 Å². The molecule has 0 aliphatic heterocycles. The highest BCUT2D eigenvalue weighted by Gasteiger charge is 2.67. The molecule has 4 aliphatic carbocycles. The number of hydrogen-bond acceptors (Lipinski definition) is 8. The summed E-state index contributed by atoms with van der Waals surface area (Å²) >= 11 is 0. The van der Waals surface area contributed by atoms with E-state index in [1.807, 2.05) is 6.07 Å². The second-order valence-electron chi connectivity index (χ2n) is 14.6. The predicted molar refractivity (Wildman–Crippen MR) is 169 cm³/mol. The lowest BCUT2D eigenvalue weighted by atomic mass is 9.43. The number of carboxylic acids is 1. The average molecular weight is 643 g/mol. The van der Waals surface area contributed by atoms with Gasteiger partial charge in [0.2, 0.25) is 5.91 Å². The maximum absolute atomic E-state index is 12.7. The molecule has 46 heavy (non-hydrogen) atoms. The number of fused-ring (bicyclic) bond motifs is 5. The Kier molecular flexibility index (Phi) is 9.86. The SMILES string of the molecule is C[C@]12CC[C@H](OC(=O)CCC(=O)N[C@@H](CCCN=C(N)N)C(=O)O)C[C@H]1CC[C@@H]1[C@@H]2CC[C@]2(C)[C@@H](c3ccc(=O)oc3)CC[C@]12O. The molecule has 1 amide bonds. The number of rotatable bonds is 11. The van der Waals surface area contributed by atoms with Crippen molar-refractivity contribution in [2.75, 3.05) is 6.54 Å². The standard InChI is InChI=1S/C34H50N4O8/c1-32-14-11-22(46-29(41)10-8-27(39)38-26(30(42)43)4-3-17-37-31(35)36)18-21(32)6-7-25-24(32)12-15-33(2)23(13-16-34(25,33)44)20-5-9-28(40)45-19-20/h5,9,19,21-26,44H,3-4,6-8,10-18H2,1-2H3,(H,38,39)(H,42,43)(H4,35,36,37)/t21-,22+,23-,24+,25-,26+,32+,33-,34+/m1/s1. The van der Waals surface area contributed by atoms with Gasteiger partial charge in [-0.3, -0.25) is 14.6 Å². The van der Waals surface area contributed by atoms with Crippen LogP contribution in [0.4, 0.5) is 0 Å². The van der Waals surface area contributed by atoms with Crippen LogP contribution >= 0.6 is 0 Å². The van der Waals surface area contributed by atoms with Gasteiger partial charge in [0.25, 0.3) is 0 Å². The molecule has 12 heteroatoms. The Morgan fingerprint density at radius 3 is 2.54 bits per heavy atom. The highest BCUT2D eigenvalue weighted by Crippen LogP contribution is 2.70. The predicted octanol–water partition coefficient (Wildman–Crippen LogP) is 3.20. The number of amides is 1. The number of carboxylic acid groups (broad SMARTS) is 1. The van der Waals surface area contributed by atoms with Crippen LogP contribution in [0.3, 0.4) is 0 Å². The summed E-state index contributed by atoms with van der Waals surface area (Å²) in [5, 5.41) is 24.4. The third-order valence-corrected chi connectivity index (χ3v) is 12.4. The second kappa shape index (κ2) is 13.4. The van der Waals surface area contributed by atoms with Crippen LogP contribution in [0, 0.1) is 28.6 Å². The van der Waals surface area contributed by atoms with Crippen molar-refractivity contribution in [3.63, 3.8) is 0 Å². The first kappa shape index (κ1) is 33.9. The lowest BCUT2D eigenvalue weighted by Crippen LogP contribution is -2.62. The van der Waals surface area contributed by atoms with Crippen molar-refractivity contribution in [2.24, 2.45) is 45.0 Å².